The summed E-state index contributed by atoms with van der Waals surface area (Å²) in [5.41, 5.74) is 2.62. The summed E-state index contributed by atoms with van der Waals surface area (Å²) in [6.07, 6.45) is 3.57. The maximum Gasteiger partial charge on any atom is 0.205 e. The van der Waals surface area contributed by atoms with Gasteiger partial charge in [0.2, 0.25) is 5.96 Å². The number of hydrazine groups is 1. The summed E-state index contributed by atoms with van der Waals surface area (Å²) in [6.45, 7) is 6.31. The molecule has 0 aromatic heterocycles. The number of nitrogens with one attached hydrogen (secondary N) is 2. The highest BCUT2D eigenvalue weighted by Crippen LogP contribution is 2.13. The van der Waals surface area contributed by atoms with E-state index < -0.39 is 0 Å². The zero-order valence-electron chi connectivity index (χ0n) is 10.5. The number of aliphatic imine (C=N–C) groups is 1. The van der Waals surface area contributed by atoms with Crippen LogP contribution in [0, 0.1) is 5.92 Å². The number of nitrogens with zero attached hydrogens (tertiary/aromatic N) is 2. The molecule has 5 heteroatoms. The standard InChI is InChI=1S/C11H25N5/c1-3-4-6-13-11(15-12)14-8-10-5-7-16(2)9-10/h10H,3-9,12H2,1-2H3,(H2,13,14,15). The van der Waals surface area contributed by atoms with Crippen LogP contribution in [0.3, 0.4) is 0 Å². The summed E-state index contributed by atoms with van der Waals surface area (Å²) in [7, 11) is 2.16. The fourth-order valence-electron chi connectivity index (χ4n) is 1.93. The van der Waals surface area contributed by atoms with E-state index in [0.717, 1.165) is 32.0 Å². The van der Waals surface area contributed by atoms with Gasteiger partial charge in [-0.2, -0.15) is 0 Å². The van der Waals surface area contributed by atoms with Crippen LogP contribution in [-0.4, -0.2) is 44.1 Å². The maximum atomic E-state index is 5.41. The van der Waals surface area contributed by atoms with Crippen LogP contribution in [0.2, 0.25) is 0 Å². The summed E-state index contributed by atoms with van der Waals surface area (Å²) in [6, 6.07) is 0. The van der Waals surface area contributed by atoms with Gasteiger partial charge in [0.25, 0.3) is 0 Å². The first-order valence-corrected chi connectivity index (χ1v) is 6.19. The van der Waals surface area contributed by atoms with Crippen molar-refractivity contribution in [2.45, 2.75) is 26.2 Å². The molecule has 1 rings (SSSR count). The van der Waals surface area contributed by atoms with Crippen molar-refractivity contribution < 1.29 is 0 Å². The van der Waals surface area contributed by atoms with E-state index in [9.17, 15) is 0 Å². The molecule has 0 aliphatic carbocycles. The topological polar surface area (TPSA) is 65.7 Å². The molecule has 1 heterocycles. The van der Waals surface area contributed by atoms with Crippen LogP contribution in [0.1, 0.15) is 26.2 Å². The van der Waals surface area contributed by atoms with Crippen LogP contribution in [0.15, 0.2) is 4.99 Å². The van der Waals surface area contributed by atoms with Crippen molar-refractivity contribution in [3.05, 3.63) is 0 Å². The second-order valence-corrected chi connectivity index (χ2v) is 4.53. The second kappa shape index (κ2) is 7.46. The molecule has 94 valence electrons. The molecule has 1 aliphatic rings. The van der Waals surface area contributed by atoms with Gasteiger partial charge in [-0.15, -0.1) is 0 Å². The fraction of sp³-hybridized carbons (Fsp3) is 0.909. The SMILES string of the molecule is CCCCNC(=NCC1CCN(C)C1)NN. The summed E-state index contributed by atoms with van der Waals surface area (Å²) in [4.78, 5) is 6.82. The van der Waals surface area contributed by atoms with Gasteiger partial charge in [-0.3, -0.25) is 10.4 Å². The normalized spacial score (nSPS) is 22.4. The Morgan fingerprint density at radius 2 is 2.38 bits per heavy atom. The highest BCUT2D eigenvalue weighted by molar-refractivity contribution is 5.79. The molecule has 0 saturated carbocycles. The smallest absolute Gasteiger partial charge is 0.205 e. The molecule has 4 N–H and O–H groups in total. The lowest BCUT2D eigenvalue weighted by atomic mass is 10.1. The Morgan fingerprint density at radius 1 is 1.56 bits per heavy atom. The molecule has 1 unspecified atom stereocenters. The molecular weight excluding hydrogens is 202 g/mol. The van der Waals surface area contributed by atoms with Gasteiger partial charge in [-0.25, -0.2) is 5.84 Å². The number of unbranched alkanes of at least 4 members (excludes halogenated alkanes) is 1. The minimum absolute atomic E-state index is 0.682. The summed E-state index contributed by atoms with van der Waals surface area (Å²) in [5.74, 6) is 6.82. The molecule has 0 bridgehead atoms. The molecule has 0 spiro atoms. The third-order valence-corrected chi connectivity index (χ3v) is 2.96. The Bertz CT molecular complexity index is 216. The lowest BCUT2D eigenvalue weighted by Gasteiger charge is -2.11. The number of hydrogen-bond acceptors (Lipinski definition) is 3. The van der Waals surface area contributed by atoms with Gasteiger partial charge in [0.15, 0.2) is 0 Å². The van der Waals surface area contributed by atoms with Gasteiger partial charge in [0.05, 0.1) is 0 Å². The quantitative estimate of drug-likeness (QED) is 0.206. The maximum absolute atomic E-state index is 5.41. The van der Waals surface area contributed by atoms with E-state index >= 15 is 0 Å². The third kappa shape index (κ3) is 4.81. The molecule has 1 saturated heterocycles. The monoisotopic (exact) mass is 227 g/mol. The van der Waals surface area contributed by atoms with Gasteiger partial charge in [-0.1, -0.05) is 13.3 Å². The van der Waals surface area contributed by atoms with Crippen molar-refractivity contribution in [3.8, 4) is 0 Å². The summed E-state index contributed by atoms with van der Waals surface area (Å²) < 4.78 is 0. The van der Waals surface area contributed by atoms with Crippen LogP contribution >= 0.6 is 0 Å². The van der Waals surface area contributed by atoms with Gasteiger partial charge in [0.1, 0.15) is 0 Å². The Labute approximate surface area is 98.4 Å². The number of nitrogens with two attached hydrogens (primary N) is 1. The molecule has 5 nitrogen and oxygen atoms in total. The highest BCUT2D eigenvalue weighted by atomic mass is 15.3. The average molecular weight is 227 g/mol. The molecule has 1 aliphatic heterocycles. The van der Waals surface area contributed by atoms with E-state index in [1.807, 2.05) is 0 Å². The lowest BCUT2D eigenvalue weighted by Crippen LogP contribution is -2.42. The molecule has 0 radical (unpaired) electrons. The first kappa shape index (κ1) is 13.3. The lowest BCUT2D eigenvalue weighted by molar-refractivity contribution is 0.397. The Balaban J connectivity index is 2.23. The van der Waals surface area contributed by atoms with E-state index in [0.29, 0.717) is 5.92 Å². The molecule has 1 atom stereocenters. The van der Waals surface area contributed by atoms with Gasteiger partial charge < -0.3 is 10.2 Å². The minimum atomic E-state index is 0.682. The molecule has 0 amide bonds. The zero-order valence-corrected chi connectivity index (χ0v) is 10.5. The number of guanidine groups is 1. The predicted molar refractivity (Wildman–Crippen MR) is 68.1 cm³/mol. The Morgan fingerprint density at radius 3 is 2.94 bits per heavy atom. The van der Waals surface area contributed by atoms with E-state index in [4.69, 9.17) is 5.84 Å². The van der Waals surface area contributed by atoms with Crippen molar-refractivity contribution in [3.63, 3.8) is 0 Å². The van der Waals surface area contributed by atoms with E-state index in [2.05, 4.69) is 34.6 Å². The average Bonchev–Trinajstić information content (AvgIpc) is 2.69. The first-order valence-electron chi connectivity index (χ1n) is 6.19. The van der Waals surface area contributed by atoms with E-state index in [1.165, 1.54) is 19.4 Å². The van der Waals surface area contributed by atoms with Crippen molar-refractivity contribution in [2.24, 2.45) is 16.8 Å². The summed E-state index contributed by atoms with van der Waals surface area (Å²) >= 11 is 0. The van der Waals surface area contributed by atoms with Gasteiger partial charge in [-0.05, 0) is 32.4 Å². The van der Waals surface area contributed by atoms with Crippen LogP contribution < -0.4 is 16.6 Å². The Kier molecular flexibility index (Phi) is 6.18. The van der Waals surface area contributed by atoms with Crippen LogP contribution in [-0.2, 0) is 0 Å². The number of likely N-dealkylation sites (tertiary alicyclic amines) is 1. The number of rotatable bonds is 5. The van der Waals surface area contributed by atoms with E-state index in [-0.39, 0.29) is 0 Å². The van der Waals surface area contributed by atoms with E-state index in [1.54, 1.807) is 0 Å². The highest BCUT2D eigenvalue weighted by Gasteiger charge is 2.18. The van der Waals surface area contributed by atoms with Crippen LogP contribution in [0.4, 0.5) is 0 Å². The van der Waals surface area contributed by atoms with Gasteiger partial charge in [0, 0.05) is 19.6 Å². The molecule has 0 aromatic carbocycles. The molecule has 1 fully saturated rings. The molecule has 0 aromatic rings. The van der Waals surface area contributed by atoms with Crippen molar-refractivity contribution in [1.82, 2.24) is 15.6 Å². The van der Waals surface area contributed by atoms with Crippen LogP contribution in [0.25, 0.3) is 0 Å². The van der Waals surface area contributed by atoms with Gasteiger partial charge >= 0.3 is 0 Å². The molecular formula is C11H25N5. The summed E-state index contributed by atoms with van der Waals surface area (Å²) in [5, 5.41) is 3.21. The second-order valence-electron chi connectivity index (χ2n) is 4.53. The van der Waals surface area contributed by atoms with Crippen molar-refractivity contribution >= 4 is 5.96 Å². The fourth-order valence-corrected chi connectivity index (χ4v) is 1.93. The minimum Gasteiger partial charge on any atom is -0.355 e. The van der Waals surface area contributed by atoms with Crippen LogP contribution in [0.5, 0.6) is 0 Å². The zero-order chi connectivity index (χ0) is 11.8. The molecule has 16 heavy (non-hydrogen) atoms. The van der Waals surface area contributed by atoms with Crippen molar-refractivity contribution in [2.75, 3.05) is 33.2 Å². The largest absolute Gasteiger partial charge is 0.355 e. The third-order valence-electron chi connectivity index (χ3n) is 2.96. The number of hydrogen-bond donors (Lipinski definition) is 3. The Hall–Kier alpha value is -0.810. The predicted octanol–water partition coefficient (Wildman–Crippen LogP) is 0.147. The van der Waals surface area contributed by atoms with Crippen molar-refractivity contribution in [1.29, 1.82) is 0 Å². The first-order chi connectivity index (χ1) is 7.76.